The number of likely N-dealkylation sites (tertiary alicyclic amines) is 1. The summed E-state index contributed by atoms with van der Waals surface area (Å²) in [4.78, 5) is 14.1. The van der Waals surface area contributed by atoms with Crippen molar-refractivity contribution < 1.29 is 9.90 Å². The number of benzene rings is 1. The van der Waals surface area contributed by atoms with Crippen LogP contribution in [-0.4, -0.2) is 48.3 Å². The second kappa shape index (κ2) is 8.89. The summed E-state index contributed by atoms with van der Waals surface area (Å²) in [6, 6.07) is 7.56. The molecule has 2 rings (SSSR count). The highest BCUT2D eigenvalue weighted by atomic mass is 16.3. The van der Waals surface area contributed by atoms with E-state index in [4.69, 9.17) is 0 Å². The molecule has 5 nitrogen and oxygen atoms in total. The molecule has 0 aliphatic carbocycles. The third-order valence-electron chi connectivity index (χ3n) is 4.25. The highest BCUT2D eigenvalue weighted by molar-refractivity contribution is 5.89. The van der Waals surface area contributed by atoms with Crippen molar-refractivity contribution in [1.29, 1.82) is 0 Å². The Kier molecular flexibility index (Phi) is 6.86. The van der Waals surface area contributed by atoms with Crippen LogP contribution < -0.4 is 10.6 Å². The van der Waals surface area contributed by atoms with Crippen LogP contribution in [0.3, 0.4) is 0 Å². The van der Waals surface area contributed by atoms with Crippen LogP contribution in [-0.2, 0) is 0 Å². The second-order valence-electron chi connectivity index (χ2n) is 6.63. The van der Waals surface area contributed by atoms with Gasteiger partial charge in [0.2, 0.25) is 0 Å². The summed E-state index contributed by atoms with van der Waals surface area (Å²) < 4.78 is 0. The maximum absolute atomic E-state index is 11.9. The molecule has 1 heterocycles. The number of nitrogens with one attached hydrogen (secondary N) is 2. The fourth-order valence-corrected chi connectivity index (χ4v) is 2.84. The molecule has 1 atom stereocenters. The first-order valence-electron chi connectivity index (χ1n) is 8.60. The van der Waals surface area contributed by atoms with Gasteiger partial charge in [0, 0.05) is 18.8 Å². The number of carbonyl (C=O) groups excluding carboxylic acids is 1. The summed E-state index contributed by atoms with van der Waals surface area (Å²) in [6.45, 7) is 7.27. The standard InChI is InChI=1S/C18H29N3O2/c1-14(2)15-6-8-16(9-7-15)20-18(23)19-12-17(22)13-21-10-4-3-5-11-21/h6-9,14,17,22H,3-5,10-13H2,1-2H3,(H2,19,20,23)/t17-/m0/s1. The lowest BCUT2D eigenvalue weighted by Gasteiger charge is -2.28. The van der Waals surface area contributed by atoms with Gasteiger partial charge in [-0.15, -0.1) is 0 Å². The topological polar surface area (TPSA) is 64.6 Å². The van der Waals surface area contributed by atoms with E-state index in [0.717, 1.165) is 18.8 Å². The predicted molar refractivity (Wildman–Crippen MR) is 93.9 cm³/mol. The molecular formula is C18H29N3O2. The van der Waals surface area contributed by atoms with E-state index in [1.54, 1.807) is 0 Å². The smallest absolute Gasteiger partial charge is 0.319 e. The Labute approximate surface area is 139 Å². The van der Waals surface area contributed by atoms with Gasteiger partial charge in [-0.1, -0.05) is 32.4 Å². The first-order chi connectivity index (χ1) is 11.0. The van der Waals surface area contributed by atoms with Crippen molar-refractivity contribution in [3.05, 3.63) is 29.8 Å². The van der Waals surface area contributed by atoms with E-state index in [1.165, 1.54) is 24.8 Å². The number of urea groups is 1. The fraction of sp³-hybridized carbons (Fsp3) is 0.611. The molecule has 0 aromatic heterocycles. The molecule has 0 saturated carbocycles. The van der Waals surface area contributed by atoms with Crippen LogP contribution in [0.4, 0.5) is 10.5 Å². The maximum Gasteiger partial charge on any atom is 0.319 e. The van der Waals surface area contributed by atoms with Gasteiger partial charge >= 0.3 is 6.03 Å². The number of β-amino-alcohol motifs (C(OH)–C–C–N with tert-alkyl or cyclic N) is 1. The van der Waals surface area contributed by atoms with Crippen molar-refractivity contribution >= 4 is 11.7 Å². The highest BCUT2D eigenvalue weighted by Crippen LogP contribution is 2.17. The van der Waals surface area contributed by atoms with E-state index in [-0.39, 0.29) is 12.6 Å². The number of amides is 2. The van der Waals surface area contributed by atoms with Gasteiger partial charge in [-0.3, -0.25) is 0 Å². The summed E-state index contributed by atoms with van der Waals surface area (Å²) in [6.07, 6.45) is 3.16. The largest absolute Gasteiger partial charge is 0.390 e. The molecule has 0 bridgehead atoms. The number of aliphatic hydroxyl groups excluding tert-OH is 1. The van der Waals surface area contributed by atoms with Gasteiger partial charge in [-0.2, -0.15) is 0 Å². The number of nitrogens with zero attached hydrogens (tertiary/aromatic N) is 1. The van der Waals surface area contributed by atoms with Crippen LogP contribution in [0, 0.1) is 0 Å². The van der Waals surface area contributed by atoms with Crippen molar-refractivity contribution in [3.8, 4) is 0 Å². The molecule has 1 fully saturated rings. The third kappa shape index (κ3) is 6.20. The molecule has 1 aromatic carbocycles. The lowest BCUT2D eigenvalue weighted by molar-refractivity contribution is 0.102. The Balaban J connectivity index is 1.69. The lowest BCUT2D eigenvalue weighted by atomic mass is 10.0. The van der Waals surface area contributed by atoms with Crippen LogP contribution in [0.2, 0.25) is 0 Å². The molecular weight excluding hydrogens is 290 g/mol. The Morgan fingerprint density at radius 3 is 2.43 bits per heavy atom. The lowest BCUT2D eigenvalue weighted by Crippen LogP contribution is -2.42. The molecule has 1 saturated heterocycles. The molecule has 0 unspecified atom stereocenters. The zero-order valence-electron chi connectivity index (χ0n) is 14.2. The molecule has 23 heavy (non-hydrogen) atoms. The molecule has 128 valence electrons. The maximum atomic E-state index is 11.9. The van der Waals surface area contributed by atoms with Gasteiger partial charge < -0.3 is 20.6 Å². The zero-order valence-corrected chi connectivity index (χ0v) is 14.2. The Morgan fingerprint density at radius 2 is 1.83 bits per heavy atom. The van der Waals surface area contributed by atoms with Crippen molar-refractivity contribution in [1.82, 2.24) is 10.2 Å². The fourth-order valence-electron chi connectivity index (χ4n) is 2.84. The quantitative estimate of drug-likeness (QED) is 0.755. The summed E-state index contributed by atoms with van der Waals surface area (Å²) in [5, 5.41) is 15.6. The zero-order chi connectivity index (χ0) is 16.7. The van der Waals surface area contributed by atoms with Crippen LogP contribution in [0.25, 0.3) is 0 Å². The first-order valence-corrected chi connectivity index (χ1v) is 8.60. The SMILES string of the molecule is CC(C)c1ccc(NC(=O)NC[C@H](O)CN2CCCCC2)cc1. The van der Waals surface area contributed by atoms with Crippen LogP contribution >= 0.6 is 0 Å². The van der Waals surface area contributed by atoms with Crippen LogP contribution in [0.1, 0.15) is 44.6 Å². The van der Waals surface area contributed by atoms with Gasteiger partial charge in [-0.05, 0) is 49.5 Å². The average molecular weight is 319 g/mol. The number of anilines is 1. The number of hydrogen-bond acceptors (Lipinski definition) is 3. The van der Waals surface area contributed by atoms with Gasteiger partial charge in [0.25, 0.3) is 0 Å². The van der Waals surface area contributed by atoms with Crippen molar-refractivity contribution in [2.24, 2.45) is 0 Å². The minimum atomic E-state index is -0.526. The number of hydrogen-bond donors (Lipinski definition) is 3. The van der Waals surface area contributed by atoms with Crippen LogP contribution in [0.5, 0.6) is 0 Å². The summed E-state index contributed by atoms with van der Waals surface area (Å²) in [5.74, 6) is 0.475. The number of piperidine rings is 1. The monoisotopic (exact) mass is 319 g/mol. The van der Waals surface area contributed by atoms with Gasteiger partial charge in [0.15, 0.2) is 0 Å². The predicted octanol–water partition coefficient (Wildman–Crippen LogP) is 2.78. The van der Waals surface area contributed by atoms with Gasteiger partial charge in [0.05, 0.1) is 6.10 Å². The first kappa shape index (κ1) is 17.8. The molecule has 1 aromatic rings. The minimum Gasteiger partial charge on any atom is -0.390 e. The van der Waals surface area contributed by atoms with Gasteiger partial charge in [0.1, 0.15) is 0 Å². The second-order valence-corrected chi connectivity index (χ2v) is 6.63. The van der Waals surface area contributed by atoms with Crippen molar-refractivity contribution in [2.45, 2.75) is 45.1 Å². The van der Waals surface area contributed by atoms with E-state index in [0.29, 0.717) is 12.5 Å². The number of carbonyl (C=O) groups is 1. The van der Waals surface area contributed by atoms with Gasteiger partial charge in [-0.25, -0.2) is 4.79 Å². The molecule has 0 spiro atoms. The van der Waals surface area contributed by atoms with E-state index in [9.17, 15) is 9.90 Å². The van der Waals surface area contributed by atoms with E-state index >= 15 is 0 Å². The Hall–Kier alpha value is -1.59. The summed E-state index contributed by atoms with van der Waals surface area (Å²) >= 11 is 0. The third-order valence-corrected chi connectivity index (χ3v) is 4.25. The molecule has 0 radical (unpaired) electrons. The van der Waals surface area contributed by atoms with Crippen molar-refractivity contribution in [3.63, 3.8) is 0 Å². The highest BCUT2D eigenvalue weighted by Gasteiger charge is 2.15. The Morgan fingerprint density at radius 1 is 1.17 bits per heavy atom. The van der Waals surface area contributed by atoms with Crippen LogP contribution in [0.15, 0.2) is 24.3 Å². The van der Waals surface area contributed by atoms with E-state index in [2.05, 4.69) is 29.4 Å². The van der Waals surface area contributed by atoms with E-state index < -0.39 is 6.10 Å². The van der Waals surface area contributed by atoms with Crippen molar-refractivity contribution in [2.75, 3.05) is 31.5 Å². The number of rotatable bonds is 6. The number of aliphatic hydroxyl groups is 1. The van der Waals surface area contributed by atoms with E-state index in [1.807, 2.05) is 24.3 Å². The average Bonchev–Trinajstić information content (AvgIpc) is 2.54. The molecule has 5 heteroatoms. The molecule has 3 N–H and O–H groups in total. The minimum absolute atomic E-state index is 0.270. The molecule has 1 aliphatic heterocycles. The Bertz CT molecular complexity index is 482. The summed E-state index contributed by atoms with van der Waals surface area (Å²) in [7, 11) is 0. The summed E-state index contributed by atoms with van der Waals surface area (Å²) in [5.41, 5.74) is 2.00. The molecule has 1 aliphatic rings. The normalized spacial score (nSPS) is 17.0. The molecule has 2 amide bonds.